The first kappa shape index (κ1) is 32.7. The molecule has 0 saturated heterocycles. The summed E-state index contributed by atoms with van der Waals surface area (Å²) in [7, 11) is 2.12. The molecule has 1 N–H and O–H groups in total. The number of fused-ring (bicyclic) bond motifs is 6. The first-order valence-electron chi connectivity index (χ1n) is 16.9. The molecule has 0 aliphatic carbocycles. The van der Waals surface area contributed by atoms with Crippen molar-refractivity contribution < 1.29 is 14.5 Å². The van der Waals surface area contributed by atoms with Crippen molar-refractivity contribution in [3.63, 3.8) is 0 Å². The van der Waals surface area contributed by atoms with Gasteiger partial charge in [0, 0.05) is 47.5 Å². The van der Waals surface area contributed by atoms with Gasteiger partial charge in [0.15, 0.2) is 5.71 Å². The topological polar surface area (TPSA) is 67.3 Å². The molecular weight excluding hydrogens is 590 g/mol. The van der Waals surface area contributed by atoms with E-state index in [1.807, 2.05) is 24.3 Å². The Morgan fingerprint density at radius 2 is 1.52 bits per heavy atom. The van der Waals surface area contributed by atoms with Crippen molar-refractivity contribution in [3.05, 3.63) is 132 Å². The molecule has 0 unspecified atom stereocenters. The molecule has 5 nitrogen and oxygen atoms in total. The van der Waals surface area contributed by atoms with Gasteiger partial charge in [-0.2, -0.15) is 9.84 Å². The minimum Gasteiger partial charge on any atom is -0.481 e. The third kappa shape index (κ3) is 5.88. The van der Waals surface area contributed by atoms with Gasteiger partial charge < -0.3 is 10.0 Å². The van der Waals surface area contributed by atoms with Gasteiger partial charge in [-0.3, -0.25) is 4.79 Å². The van der Waals surface area contributed by atoms with Gasteiger partial charge in [-0.05, 0) is 84.2 Å². The number of allylic oxidation sites excluding steroid dienone is 8. The molecule has 2 heterocycles. The van der Waals surface area contributed by atoms with Gasteiger partial charge in [0.1, 0.15) is 7.05 Å². The maximum atomic E-state index is 11.0. The number of hydrogen-bond acceptors (Lipinski definition) is 3. The summed E-state index contributed by atoms with van der Waals surface area (Å²) in [5.41, 5.74) is 7.54. The number of rotatable bonds is 10. The van der Waals surface area contributed by atoms with Crippen LogP contribution < -0.4 is 4.90 Å². The Hall–Kier alpha value is -5.21. The number of carboxylic acid groups (broad SMARTS) is 1. The zero-order chi connectivity index (χ0) is 34.1. The molecule has 6 rings (SSSR count). The van der Waals surface area contributed by atoms with Crippen molar-refractivity contribution in [1.29, 1.82) is 5.26 Å². The van der Waals surface area contributed by atoms with Crippen LogP contribution in [0.25, 0.3) is 21.5 Å². The number of unbranched alkanes of at least 4 members (excludes halogenated alkanes) is 2. The largest absolute Gasteiger partial charge is 0.481 e. The Labute approximate surface area is 284 Å². The molecule has 5 heteroatoms. The van der Waals surface area contributed by atoms with E-state index >= 15 is 0 Å². The molecule has 242 valence electrons. The number of nitriles is 1. The van der Waals surface area contributed by atoms with Gasteiger partial charge in [0.05, 0.1) is 17.1 Å². The third-order valence-corrected chi connectivity index (χ3v) is 10.1. The lowest BCUT2D eigenvalue weighted by Crippen LogP contribution is -2.27. The van der Waals surface area contributed by atoms with Crippen molar-refractivity contribution in [2.24, 2.45) is 0 Å². The highest BCUT2D eigenvalue weighted by atomic mass is 16.4. The Morgan fingerprint density at radius 1 is 0.854 bits per heavy atom. The van der Waals surface area contributed by atoms with Gasteiger partial charge in [0.25, 0.3) is 0 Å². The highest BCUT2D eigenvalue weighted by Crippen LogP contribution is 2.51. The van der Waals surface area contributed by atoms with E-state index in [0.717, 1.165) is 19.4 Å². The number of benzene rings is 4. The standard InChI is InChI=1S/C43H43N3O2/c1-42(2)37(45(5)35-26-24-31-17-8-10-19-33(31)40(35)42)21-13-15-30(29-44)16-14-22-38-43(3,4)41-34-20-11-9-18-32(34)25-27-36(41)46(38)28-12-6-7-23-39(47)48/h8-11,13-22,24-27H,6-7,12,23,28H2,1-5H3/p+1. The van der Waals surface area contributed by atoms with E-state index in [1.165, 1.54) is 55.5 Å². The molecule has 0 saturated carbocycles. The average Bonchev–Trinajstić information content (AvgIpc) is 3.41. The number of hydrogen-bond donors (Lipinski definition) is 1. The van der Waals surface area contributed by atoms with E-state index in [1.54, 1.807) is 0 Å². The van der Waals surface area contributed by atoms with Crippen LogP contribution in [0.15, 0.2) is 121 Å². The van der Waals surface area contributed by atoms with Crippen LogP contribution in [0.1, 0.15) is 64.5 Å². The van der Waals surface area contributed by atoms with Crippen LogP contribution in [-0.4, -0.2) is 35.0 Å². The highest BCUT2D eigenvalue weighted by Gasteiger charge is 2.44. The van der Waals surface area contributed by atoms with Crippen LogP contribution >= 0.6 is 0 Å². The van der Waals surface area contributed by atoms with E-state index < -0.39 is 5.97 Å². The van der Waals surface area contributed by atoms with Crippen molar-refractivity contribution >= 4 is 44.6 Å². The van der Waals surface area contributed by atoms with Gasteiger partial charge in [-0.25, -0.2) is 0 Å². The fraction of sp³-hybridized carbons (Fsp3) is 0.279. The molecule has 4 aromatic rings. The summed E-state index contributed by atoms with van der Waals surface area (Å²) in [6, 6.07) is 28.2. The van der Waals surface area contributed by atoms with E-state index in [-0.39, 0.29) is 17.3 Å². The Balaban J connectivity index is 1.27. The Bertz CT molecular complexity index is 2120. The van der Waals surface area contributed by atoms with Crippen LogP contribution in [0.5, 0.6) is 0 Å². The minimum absolute atomic E-state index is 0.188. The van der Waals surface area contributed by atoms with E-state index in [0.29, 0.717) is 12.0 Å². The second kappa shape index (κ2) is 13.1. The molecule has 4 aromatic carbocycles. The molecule has 0 fully saturated rings. The van der Waals surface area contributed by atoms with Gasteiger partial charge in [-0.1, -0.05) is 87.0 Å². The fourth-order valence-corrected chi connectivity index (χ4v) is 7.81. The van der Waals surface area contributed by atoms with E-state index in [2.05, 4.69) is 135 Å². The number of carboxylic acids is 1. The number of carbonyl (C=O) groups is 1. The molecule has 0 bridgehead atoms. The van der Waals surface area contributed by atoms with Crippen LogP contribution in [0.2, 0.25) is 0 Å². The summed E-state index contributed by atoms with van der Waals surface area (Å²) in [6.45, 7) is 9.88. The second-order valence-electron chi connectivity index (χ2n) is 13.9. The van der Waals surface area contributed by atoms with Crippen molar-refractivity contribution in [1.82, 2.24) is 0 Å². The van der Waals surface area contributed by atoms with Gasteiger partial charge in [0.2, 0.25) is 5.69 Å². The quantitative estimate of drug-likeness (QED) is 0.0816. The molecule has 0 atom stereocenters. The van der Waals surface area contributed by atoms with Crippen LogP contribution in [0, 0.1) is 11.3 Å². The van der Waals surface area contributed by atoms with Crippen molar-refractivity contribution in [2.45, 2.75) is 64.2 Å². The van der Waals surface area contributed by atoms with Crippen molar-refractivity contribution in [2.75, 3.05) is 18.5 Å². The van der Waals surface area contributed by atoms with Gasteiger partial charge >= 0.3 is 5.97 Å². The predicted molar refractivity (Wildman–Crippen MR) is 198 cm³/mol. The molecule has 0 radical (unpaired) electrons. The van der Waals surface area contributed by atoms with E-state index in [9.17, 15) is 10.1 Å². The molecule has 0 spiro atoms. The predicted octanol–water partition coefficient (Wildman–Crippen LogP) is 9.89. The molecular formula is C43H44N3O2+. The van der Waals surface area contributed by atoms with Gasteiger partial charge in [-0.15, -0.1) is 0 Å². The molecule has 0 aromatic heterocycles. The summed E-state index contributed by atoms with van der Waals surface area (Å²) in [5.74, 6) is -0.743. The smallest absolute Gasteiger partial charge is 0.303 e. The maximum absolute atomic E-state index is 11.0. The average molecular weight is 635 g/mol. The maximum Gasteiger partial charge on any atom is 0.303 e. The second-order valence-corrected chi connectivity index (χ2v) is 13.9. The van der Waals surface area contributed by atoms with E-state index in [4.69, 9.17) is 5.11 Å². The summed E-state index contributed by atoms with van der Waals surface area (Å²) >= 11 is 0. The third-order valence-electron chi connectivity index (χ3n) is 10.1. The zero-order valence-corrected chi connectivity index (χ0v) is 28.6. The zero-order valence-electron chi connectivity index (χ0n) is 28.6. The minimum atomic E-state index is -0.743. The number of nitrogens with zero attached hydrogens (tertiary/aromatic N) is 3. The molecule has 2 aliphatic heterocycles. The van der Waals surface area contributed by atoms with Crippen LogP contribution in [-0.2, 0) is 15.6 Å². The van der Waals surface area contributed by atoms with Crippen molar-refractivity contribution in [3.8, 4) is 6.07 Å². The first-order valence-corrected chi connectivity index (χ1v) is 16.9. The molecule has 48 heavy (non-hydrogen) atoms. The molecule has 0 amide bonds. The number of anilines is 1. The van der Waals surface area contributed by atoms with Crippen LogP contribution in [0.3, 0.4) is 0 Å². The summed E-state index contributed by atoms with van der Waals surface area (Å²) in [6.07, 6.45) is 14.7. The lowest BCUT2D eigenvalue weighted by Gasteiger charge is -2.27. The molecule has 2 aliphatic rings. The SMILES string of the molecule is C[N+]1=C(/C=C/C=C(C#N)/C=C/C=C2\N(CCCCCC(=O)O)c3ccc4ccccc4c3C2(C)C)C(C)(C)c2c1ccc1ccccc21. The Morgan fingerprint density at radius 3 is 2.21 bits per heavy atom. The summed E-state index contributed by atoms with van der Waals surface area (Å²) in [4.78, 5) is 13.4. The van der Waals surface area contributed by atoms with Crippen LogP contribution in [0.4, 0.5) is 11.4 Å². The Kier molecular flexibility index (Phi) is 8.95. The first-order chi connectivity index (χ1) is 23.1. The lowest BCUT2D eigenvalue weighted by atomic mass is 9.79. The summed E-state index contributed by atoms with van der Waals surface area (Å²) < 4.78 is 2.26. The highest BCUT2D eigenvalue weighted by molar-refractivity contribution is 6.07. The fourth-order valence-electron chi connectivity index (χ4n) is 7.81. The number of aliphatic carboxylic acids is 1. The monoisotopic (exact) mass is 634 g/mol. The normalized spacial score (nSPS) is 17.6. The lowest BCUT2D eigenvalue weighted by molar-refractivity contribution is -0.401. The summed E-state index contributed by atoms with van der Waals surface area (Å²) in [5, 5.41) is 24.1.